The molecular formula is C10H10BrF3S. The zero-order valence-electron chi connectivity index (χ0n) is 8.01. The van der Waals surface area contributed by atoms with Gasteiger partial charge in [0.05, 0.1) is 0 Å². The molecule has 15 heavy (non-hydrogen) atoms. The highest BCUT2D eigenvalue weighted by Crippen LogP contribution is 2.31. The standard InChI is InChI=1S/C10H10BrF3S/c1-7-2-4-8(5-3-7)15-6-9(11)10(12,13)14/h2-5,9H,6H2,1H3. The van der Waals surface area contributed by atoms with Crippen LogP contribution in [0.2, 0.25) is 0 Å². The average molecular weight is 299 g/mol. The first kappa shape index (κ1) is 12.9. The van der Waals surface area contributed by atoms with Crippen LogP contribution in [0, 0.1) is 6.92 Å². The van der Waals surface area contributed by atoms with E-state index in [0.717, 1.165) is 10.5 Å². The summed E-state index contributed by atoms with van der Waals surface area (Å²) in [5.74, 6) is -0.00738. The van der Waals surface area contributed by atoms with Gasteiger partial charge in [0.1, 0.15) is 4.83 Å². The Kier molecular flexibility index (Phi) is 4.52. The number of hydrogen-bond donors (Lipinski definition) is 0. The maximum Gasteiger partial charge on any atom is 0.402 e. The van der Waals surface area contributed by atoms with Gasteiger partial charge in [0, 0.05) is 10.6 Å². The van der Waals surface area contributed by atoms with E-state index in [2.05, 4.69) is 15.9 Å². The van der Waals surface area contributed by atoms with Gasteiger partial charge in [-0.1, -0.05) is 33.6 Å². The van der Waals surface area contributed by atoms with Gasteiger partial charge in [-0.25, -0.2) is 0 Å². The molecule has 0 saturated carbocycles. The van der Waals surface area contributed by atoms with Crippen LogP contribution in [0.4, 0.5) is 13.2 Å². The van der Waals surface area contributed by atoms with E-state index in [9.17, 15) is 13.2 Å². The molecule has 0 fully saturated rings. The fraction of sp³-hybridized carbons (Fsp3) is 0.400. The molecule has 1 aromatic carbocycles. The Hall–Kier alpha value is -0.160. The van der Waals surface area contributed by atoms with Crippen LogP contribution < -0.4 is 0 Å². The minimum Gasteiger partial charge on any atom is -0.170 e. The molecule has 0 aliphatic carbocycles. The van der Waals surface area contributed by atoms with Crippen LogP contribution in [0.25, 0.3) is 0 Å². The van der Waals surface area contributed by atoms with Gasteiger partial charge in [-0.2, -0.15) is 13.2 Å². The van der Waals surface area contributed by atoms with E-state index in [1.807, 2.05) is 31.2 Å². The highest BCUT2D eigenvalue weighted by Gasteiger charge is 2.37. The van der Waals surface area contributed by atoms with Gasteiger partial charge >= 0.3 is 6.18 Å². The van der Waals surface area contributed by atoms with E-state index in [-0.39, 0.29) is 5.75 Å². The Morgan fingerprint density at radius 3 is 2.27 bits per heavy atom. The third-order valence-corrected chi connectivity index (χ3v) is 4.15. The van der Waals surface area contributed by atoms with Crippen LogP contribution >= 0.6 is 27.7 Å². The first-order chi connectivity index (χ1) is 6.89. The van der Waals surface area contributed by atoms with E-state index >= 15 is 0 Å². The summed E-state index contributed by atoms with van der Waals surface area (Å²) in [7, 11) is 0. The number of rotatable bonds is 3. The number of aryl methyl sites for hydroxylation is 1. The third kappa shape index (κ3) is 4.47. The lowest BCUT2D eigenvalue weighted by molar-refractivity contribution is -0.122. The molecule has 0 nitrogen and oxygen atoms in total. The Balaban J connectivity index is 2.47. The maximum absolute atomic E-state index is 12.2. The Labute approximate surface area is 99.4 Å². The van der Waals surface area contributed by atoms with E-state index in [1.165, 1.54) is 11.8 Å². The molecule has 0 heterocycles. The molecule has 0 N–H and O–H groups in total. The lowest BCUT2D eigenvalue weighted by Gasteiger charge is -2.13. The summed E-state index contributed by atoms with van der Waals surface area (Å²) in [6.45, 7) is 1.94. The van der Waals surface area contributed by atoms with Crippen molar-refractivity contribution in [3.05, 3.63) is 29.8 Å². The Morgan fingerprint density at radius 2 is 1.80 bits per heavy atom. The zero-order valence-corrected chi connectivity index (χ0v) is 10.4. The van der Waals surface area contributed by atoms with Crippen LogP contribution in [0.3, 0.4) is 0 Å². The monoisotopic (exact) mass is 298 g/mol. The van der Waals surface area contributed by atoms with Crippen molar-refractivity contribution in [1.82, 2.24) is 0 Å². The van der Waals surface area contributed by atoms with E-state index in [0.29, 0.717) is 0 Å². The van der Waals surface area contributed by atoms with Crippen molar-refractivity contribution >= 4 is 27.7 Å². The number of benzene rings is 1. The van der Waals surface area contributed by atoms with Crippen molar-refractivity contribution in [1.29, 1.82) is 0 Å². The van der Waals surface area contributed by atoms with Gasteiger partial charge in [0.2, 0.25) is 0 Å². The second kappa shape index (κ2) is 5.25. The van der Waals surface area contributed by atoms with Crippen molar-refractivity contribution in [3.63, 3.8) is 0 Å². The fourth-order valence-corrected chi connectivity index (χ4v) is 2.15. The van der Waals surface area contributed by atoms with Gasteiger partial charge in [-0.15, -0.1) is 11.8 Å². The smallest absolute Gasteiger partial charge is 0.170 e. The molecule has 0 saturated heterocycles. The normalized spacial score (nSPS) is 13.9. The second-order valence-corrected chi connectivity index (χ2v) is 5.33. The van der Waals surface area contributed by atoms with Crippen molar-refractivity contribution in [3.8, 4) is 0 Å². The van der Waals surface area contributed by atoms with Gasteiger partial charge in [0.25, 0.3) is 0 Å². The molecule has 0 radical (unpaired) electrons. The molecule has 0 aliphatic heterocycles. The average Bonchev–Trinajstić information content (AvgIpc) is 2.15. The molecule has 1 unspecified atom stereocenters. The summed E-state index contributed by atoms with van der Waals surface area (Å²) in [5.41, 5.74) is 1.10. The van der Waals surface area contributed by atoms with Crippen LogP contribution in [0.15, 0.2) is 29.2 Å². The summed E-state index contributed by atoms with van der Waals surface area (Å²) in [6, 6.07) is 7.44. The quantitative estimate of drug-likeness (QED) is 0.588. The van der Waals surface area contributed by atoms with Crippen molar-refractivity contribution in [2.45, 2.75) is 22.8 Å². The number of thioether (sulfide) groups is 1. The largest absolute Gasteiger partial charge is 0.402 e. The van der Waals surface area contributed by atoms with E-state index in [4.69, 9.17) is 0 Å². The van der Waals surface area contributed by atoms with Gasteiger partial charge in [-0.3, -0.25) is 0 Å². The van der Waals surface area contributed by atoms with Crippen molar-refractivity contribution in [2.75, 3.05) is 5.75 Å². The molecule has 0 aliphatic rings. The molecule has 0 bridgehead atoms. The van der Waals surface area contributed by atoms with Crippen LogP contribution in [0.1, 0.15) is 5.56 Å². The molecule has 5 heteroatoms. The summed E-state index contributed by atoms with van der Waals surface area (Å²) in [5, 5.41) is 0. The molecule has 84 valence electrons. The minimum atomic E-state index is -4.17. The predicted octanol–water partition coefficient (Wildman–Crippen LogP) is 4.41. The van der Waals surface area contributed by atoms with E-state index < -0.39 is 11.0 Å². The molecule has 1 aromatic rings. The zero-order chi connectivity index (χ0) is 11.5. The maximum atomic E-state index is 12.2. The molecule has 0 aromatic heterocycles. The lowest BCUT2D eigenvalue weighted by atomic mass is 10.2. The Bertz CT molecular complexity index is 307. The fourth-order valence-electron chi connectivity index (χ4n) is 0.898. The predicted molar refractivity (Wildman–Crippen MR) is 60.7 cm³/mol. The molecule has 1 rings (SSSR count). The lowest BCUT2D eigenvalue weighted by Crippen LogP contribution is -2.24. The SMILES string of the molecule is Cc1ccc(SCC(Br)C(F)(F)F)cc1. The first-order valence-electron chi connectivity index (χ1n) is 4.30. The summed E-state index contributed by atoms with van der Waals surface area (Å²) in [4.78, 5) is -0.592. The number of halogens is 4. The number of hydrogen-bond acceptors (Lipinski definition) is 1. The van der Waals surface area contributed by atoms with Crippen LogP contribution in [-0.2, 0) is 0 Å². The van der Waals surface area contributed by atoms with Gasteiger partial charge in [0.15, 0.2) is 0 Å². The van der Waals surface area contributed by atoms with Crippen LogP contribution in [-0.4, -0.2) is 16.8 Å². The van der Waals surface area contributed by atoms with Gasteiger partial charge in [-0.05, 0) is 19.1 Å². The molecule has 0 spiro atoms. The van der Waals surface area contributed by atoms with Gasteiger partial charge < -0.3 is 0 Å². The molecule has 0 amide bonds. The van der Waals surface area contributed by atoms with E-state index in [1.54, 1.807) is 0 Å². The summed E-state index contributed by atoms with van der Waals surface area (Å²) < 4.78 is 36.5. The topological polar surface area (TPSA) is 0 Å². The summed E-state index contributed by atoms with van der Waals surface area (Å²) in [6.07, 6.45) is -4.17. The third-order valence-electron chi connectivity index (χ3n) is 1.77. The van der Waals surface area contributed by atoms with Crippen LogP contribution in [0.5, 0.6) is 0 Å². The van der Waals surface area contributed by atoms with Crippen molar-refractivity contribution < 1.29 is 13.2 Å². The first-order valence-corrected chi connectivity index (χ1v) is 6.20. The minimum absolute atomic E-state index is 0.00738. The second-order valence-electron chi connectivity index (χ2n) is 3.13. The Morgan fingerprint density at radius 1 is 1.27 bits per heavy atom. The highest BCUT2D eigenvalue weighted by molar-refractivity contribution is 9.09. The highest BCUT2D eigenvalue weighted by atomic mass is 79.9. The molecule has 1 atom stereocenters. The van der Waals surface area contributed by atoms with Crippen molar-refractivity contribution in [2.24, 2.45) is 0 Å². The molecular weight excluding hydrogens is 289 g/mol. The summed E-state index contributed by atoms with van der Waals surface area (Å²) >= 11 is 3.82. The number of alkyl halides is 4.